The maximum absolute atomic E-state index is 12.9. The molecule has 0 unspecified atom stereocenters. The minimum atomic E-state index is -0.188. The fourth-order valence-electron chi connectivity index (χ4n) is 3.71. The van der Waals surface area contributed by atoms with E-state index in [-0.39, 0.29) is 11.9 Å². The van der Waals surface area contributed by atoms with Gasteiger partial charge in [-0.05, 0) is 63.3 Å². The molecule has 3 rings (SSSR count). The van der Waals surface area contributed by atoms with Crippen molar-refractivity contribution in [3.05, 3.63) is 58.7 Å². The van der Waals surface area contributed by atoms with Crippen LogP contribution < -0.4 is 10.2 Å². The van der Waals surface area contributed by atoms with Crippen LogP contribution in [0.1, 0.15) is 35.6 Å². The number of benzene rings is 2. The molecule has 0 bridgehead atoms. The van der Waals surface area contributed by atoms with E-state index in [9.17, 15) is 4.79 Å². The summed E-state index contributed by atoms with van der Waals surface area (Å²) in [4.78, 5) is 15.1. The molecule has 2 aromatic rings. The van der Waals surface area contributed by atoms with Gasteiger partial charge in [0.05, 0.1) is 0 Å². The lowest BCUT2D eigenvalue weighted by molar-refractivity contribution is -0.117. The lowest BCUT2D eigenvalue weighted by atomic mass is 10.00. The van der Waals surface area contributed by atoms with Crippen molar-refractivity contribution in [2.45, 2.75) is 46.6 Å². The molecule has 3 nitrogen and oxygen atoms in total. The minimum absolute atomic E-state index is 0.0572. The lowest BCUT2D eigenvalue weighted by Crippen LogP contribution is -2.44. The van der Waals surface area contributed by atoms with Crippen molar-refractivity contribution < 1.29 is 4.79 Å². The van der Waals surface area contributed by atoms with Crippen molar-refractivity contribution in [3.63, 3.8) is 0 Å². The zero-order valence-electron chi connectivity index (χ0n) is 15.0. The van der Waals surface area contributed by atoms with Gasteiger partial charge >= 0.3 is 0 Å². The Morgan fingerprint density at radius 2 is 1.79 bits per heavy atom. The van der Waals surface area contributed by atoms with E-state index in [2.05, 4.69) is 67.4 Å². The van der Waals surface area contributed by atoms with Crippen molar-refractivity contribution in [2.75, 3.05) is 16.8 Å². The van der Waals surface area contributed by atoms with Gasteiger partial charge in [0.2, 0.25) is 5.91 Å². The monoisotopic (exact) mass is 322 g/mol. The number of para-hydroxylation sites is 1. The van der Waals surface area contributed by atoms with E-state index in [4.69, 9.17) is 0 Å². The Kier molecular flexibility index (Phi) is 4.61. The molecule has 0 spiro atoms. The number of nitrogens with zero attached hydrogens (tertiary/aromatic N) is 1. The highest BCUT2D eigenvalue weighted by molar-refractivity contribution is 5.98. The van der Waals surface area contributed by atoms with Crippen LogP contribution in [0.3, 0.4) is 0 Å². The molecule has 1 aliphatic heterocycles. The number of hydrogen-bond acceptors (Lipinski definition) is 2. The molecule has 1 amide bonds. The first-order chi connectivity index (χ1) is 11.5. The highest BCUT2D eigenvalue weighted by atomic mass is 16.2. The Bertz CT molecular complexity index is 743. The van der Waals surface area contributed by atoms with Crippen LogP contribution in [0.5, 0.6) is 0 Å². The number of nitrogens with one attached hydrogen (secondary N) is 1. The van der Waals surface area contributed by atoms with E-state index in [1.54, 1.807) is 0 Å². The van der Waals surface area contributed by atoms with Crippen molar-refractivity contribution in [1.29, 1.82) is 0 Å². The zero-order chi connectivity index (χ0) is 17.3. The molecule has 1 heterocycles. The Morgan fingerprint density at radius 1 is 1.12 bits per heavy atom. The Hall–Kier alpha value is -2.29. The van der Waals surface area contributed by atoms with E-state index in [1.165, 1.54) is 16.8 Å². The van der Waals surface area contributed by atoms with E-state index in [0.29, 0.717) is 0 Å². The fourth-order valence-corrected chi connectivity index (χ4v) is 3.71. The van der Waals surface area contributed by atoms with E-state index in [0.717, 1.165) is 36.2 Å². The smallest absolute Gasteiger partial charge is 0.246 e. The summed E-state index contributed by atoms with van der Waals surface area (Å²) in [6.45, 7) is 9.11. The summed E-state index contributed by atoms with van der Waals surface area (Å²) in [5.74, 6) is 0.0572. The van der Waals surface area contributed by atoms with Gasteiger partial charge in [0.15, 0.2) is 0 Å². The third-order valence-electron chi connectivity index (χ3n) is 4.92. The molecule has 0 saturated heterocycles. The van der Waals surface area contributed by atoms with Gasteiger partial charge in [0.25, 0.3) is 0 Å². The van der Waals surface area contributed by atoms with Gasteiger partial charge in [-0.2, -0.15) is 0 Å². The SMILES string of the molecule is Cc1cc(C)c(NC(=O)[C@@H](C)N2CCCc3ccccc32)c(C)c1. The topological polar surface area (TPSA) is 32.3 Å². The molecule has 0 radical (unpaired) electrons. The summed E-state index contributed by atoms with van der Waals surface area (Å²) >= 11 is 0. The van der Waals surface area contributed by atoms with Gasteiger partial charge in [0.1, 0.15) is 6.04 Å². The fraction of sp³-hybridized carbons (Fsp3) is 0.381. The maximum atomic E-state index is 12.9. The third-order valence-corrected chi connectivity index (χ3v) is 4.92. The Morgan fingerprint density at radius 3 is 2.50 bits per heavy atom. The number of carbonyl (C=O) groups is 1. The van der Waals surface area contributed by atoms with Crippen LogP contribution in [-0.2, 0) is 11.2 Å². The molecule has 1 N–H and O–H groups in total. The average molecular weight is 322 g/mol. The normalized spacial score (nSPS) is 14.9. The molecule has 1 atom stereocenters. The number of anilines is 2. The molecule has 1 aliphatic rings. The molecule has 0 saturated carbocycles. The summed E-state index contributed by atoms with van der Waals surface area (Å²) in [7, 11) is 0. The molecular formula is C21H26N2O. The van der Waals surface area contributed by atoms with Gasteiger partial charge in [0, 0.05) is 17.9 Å². The van der Waals surface area contributed by atoms with E-state index in [1.807, 2.05) is 6.92 Å². The van der Waals surface area contributed by atoms with Gasteiger partial charge in [-0.25, -0.2) is 0 Å². The van der Waals surface area contributed by atoms with Gasteiger partial charge in [-0.1, -0.05) is 35.9 Å². The van der Waals surface area contributed by atoms with Gasteiger partial charge in [-0.15, -0.1) is 0 Å². The van der Waals surface area contributed by atoms with E-state index >= 15 is 0 Å². The van der Waals surface area contributed by atoms with Gasteiger partial charge < -0.3 is 10.2 Å². The predicted octanol–water partition coefficient (Wildman–Crippen LogP) is 4.39. The molecule has 24 heavy (non-hydrogen) atoms. The maximum Gasteiger partial charge on any atom is 0.246 e. The van der Waals surface area contributed by atoms with Crippen molar-refractivity contribution in [3.8, 4) is 0 Å². The van der Waals surface area contributed by atoms with E-state index < -0.39 is 0 Å². The quantitative estimate of drug-likeness (QED) is 0.909. The molecule has 2 aromatic carbocycles. The van der Waals surface area contributed by atoms with Crippen LogP contribution in [0.25, 0.3) is 0 Å². The van der Waals surface area contributed by atoms with Gasteiger partial charge in [-0.3, -0.25) is 4.79 Å². The standard InChI is InChI=1S/C21H26N2O/c1-14-12-15(2)20(16(3)13-14)22-21(24)17(4)23-11-7-9-18-8-5-6-10-19(18)23/h5-6,8,10,12-13,17H,7,9,11H2,1-4H3,(H,22,24)/t17-/m1/s1. The molecule has 3 heteroatoms. The summed E-state index contributed by atoms with van der Waals surface area (Å²) in [6.07, 6.45) is 2.19. The second-order valence-corrected chi connectivity index (χ2v) is 6.86. The minimum Gasteiger partial charge on any atom is -0.360 e. The number of rotatable bonds is 3. The number of aryl methyl sites for hydroxylation is 4. The summed E-state index contributed by atoms with van der Waals surface area (Å²) in [6, 6.07) is 12.5. The second-order valence-electron chi connectivity index (χ2n) is 6.86. The number of fused-ring (bicyclic) bond motifs is 1. The number of amides is 1. The second kappa shape index (κ2) is 6.68. The molecule has 0 aromatic heterocycles. The zero-order valence-corrected chi connectivity index (χ0v) is 15.0. The summed E-state index contributed by atoms with van der Waals surface area (Å²) in [5.41, 5.74) is 6.94. The Labute approximate surface area is 144 Å². The highest BCUT2D eigenvalue weighted by Crippen LogP contribution is 2.29. The molecular weight excluding hydrogens is 296 g/mol. The summed E-state index contributed by atoms with van der Waals surface area (Å²) < 4.78 is 0. The highest BCUT2D eigenvalue weighted by Gasteiger charge is 2.26. The Balaban J connectivity index is 1.82. The first kappa shape index (κ1) is 16.6. The first-order valence-electron chi connectivity index (χ1n) is 8.70. The van der Waals surface area contributed by atoms with Crippen LogP contribution in [0, 0.1) is 20.8 Å². The predicted molar refractivity (Wildman–Crippen MR) is 101 cm³/mol. The lowest BCUT2D eigenvalue weighted by Gasteiger charge is -2.35. The number of carbonyl (C=O) groups excluding carboxylic acids is 1. The largest absolute Gasteiger partial charge is 0.360 e. The molecule has 126 valence electrons. The van der Waals surface area contributed by atoms with Crippen molar-refractivity contribution >= 4 is 17.3 Å². The van der Waals surface area contributed by atoms with Crippen LogP contribution in [0.2, 0.25) is 0 Å². The average Bonchev–Trinajstić information content (AvgIpc) is 2.56. The van der Waals surface area contributed by atoms with Crippen LogP contribution >= 0.6 is 0 Å². The van der Waals surface area contributed by atoms with Crippen molar-refractivity contribution in [2.24, 2.45) is 0 Å². The number of hydrogen-bond donors (Lipinski definition) is 1. The summed E-state index contributed by atoms with van der Waals surface area (Å²) in [5, 5.41) is 3.15. The van der Waals surface area contributed by atoms with Crippen LogP contribution in [-0.4, -0.2) is 18.5 Å². The van der Waals surface area contributed by atoms with Crippen LogP contribution in [0.4, 0.5) is 11.4 Å². The molecule has 0 fully saturated rings. The first-order valence-corrected chi connectivity index (χ1v) is 8.70. The van der Waals surface area contributed by atoms with Crippen LogP contribution in [0.15, 0.2) is 36.4 Å². The third kappa shape index (κ3) is 3.16. The van der Waals surface area contributed by atoms with Crippen molar-refractivity contribution in [1.82, 2.24) is 0 Å². The molecule has 0 aliphatic carbocycles.